The summed E-state index contributed by atoms with van der Waals surface area (Å²) in [6.07, 6.45) is 4.11. The molecule has 1 atom stereocenters. The second-order valence-electron chi connectivity index (χ2n) is 6.18. The van der Waals surface area contributed by atoms with Crippen molar-refractivity contribution in [3.8, 4) is 5.69 Å². The van der Waals surface area contributed by atoms with E-state index in [1.807, 2.05) is 10.7 Å². The van der Waals surface area contributed by atoms with Crippen molar-refractivity contribution >= 4 is 12.4 Å². The first-order chi connectivity index (χ1) is 10.6. The molecule has 0 aliphatic carbocycles. The Kier molecular flexibility index (Phi) is 6.16. The molecule has 0 bridgehead atoms. The molecule has 23 heavy (non-hydrogen) atoms. The molecule has 1 aromatic heterocycles. The molecule has 1 aliphatic heterocycles. The predicted molar refractivity (Wildman–Crippen MR) is 92.4 cm³/mol. The van der Waals surface area contributed by atoms with Gasteiger partial charge in [0.1, 0.15) is 5.82 Å². The Labute approximate surface area is 142 Å². The van der Waals surface area contributed by atoms with E-state index in [1.54, 1.807) is 18.3 Å². The fourth-order valence-corrected chi connectivity index (χ4v) is 3.13. The number of hydrogen-bond donors (Lipinski definition) is 1. The minimum Gasteiger partial charge on any atom is -0.328 e. The zero-order valence-corrected chi connectivity index (χ0v) is 14.2. The van der Waals surface area contributed by atoms with E-state index in [-0.39, 0.29) is 24.3 Å². The SMILES string of the molecule is CC(N)C1CCN(Cc2ccnn2-c2ccc(F)cc2)CC1.Cl. The quantitative estimate of drug-likeness (QED) is 0.932. The van der Waals surface area contributed by atoms with Crippen molar-refractivity contribution in [3.63, 3.8) is 0 Å². The smallest absolute Gasteiger partial charge is 0.123 e. The van der Waals surface area contributed by atoms with Gasteiger partial charge in [-0.15, -0.1) is 12.4 Å². The van der Waals surface area contributed by atoms with Gasteiger partial charge >= 0.3 is 0 Å². The first kappa shape index (κ1) is 17.9. The minimum absolute atomic E-state index is 0. The maximum atomic E-state index is 13.1. The Bertz CT molecular complexity index is 603. The Hall–Kier alpha value is -1.43. The van der Waals surface area contributed by atoms with Crippen LogP contribution in [0.5, 0.6) is 0 Å². The standard InChI is InChI=1S/C17H23FN4.ClH/c1-13(19)14-7-10-21(11-8-14)12-17-6-9-20-22(17)16-4-2-15(18)3-5-16;/h2-6,9,13-14H,7-8,10-12,19H2,1H3;1H. The normalized spacial score (nSPS) is 17.7. The van der Waals surface area contributed by atoms with Crippen LogP contribution in [0.1, 0.15) is 25.5 Å². The molecule has 0 spiro atoms. The van der Waals surface area contributed by atoms with Crippen LogP contribution in [0.2, 0.25) is 0 Å². The molecule has 1 unspecified atom stereocenters. The molecular formula is C17H24ClFN4. The van der Waals surface area contributed by atoms with E-state index in [0.29, 0.717) is 5.92 Å². The van der Waals surface area contributed by atoms with Gasteiger partial charge in [0, 0.05) is 18.8 Å². The number of nitrogens with zero attached hydrogens (tertiary/aromatic N) is 3. The third-order valence-corrected chi connectivity index (χ3v) is 4.55. The number of likely N-dealkylation sites (tertiary alicyclic amines) is 1. The molecular weight excluding hydrogens is 315 g/mol. The maximum absolute atomic E-state index is 13.1. The van der Waals surface area contributed by atoms with Crippen molar-refractivity contribution in [2.24, 2.45) is 11.7 Å². The number of hydrogen-bond acceptors (Lipinski definition) is 3. The summed E-state index contributed by atoms with van der Waals surface area (Å²) in [7, 11) is 0. The summed E-state index contributed by atoms with van der Waals surface area (Å²) in [6.45, 7) is 5.11. The number of nitrogens with two attached hydrogens (primary N) is 1. The second kappa shape index (κ2) is 7.90. The molecule has 1 aliphatic rings. The summed E-state index contributed by atoms with van der Waals surface area (Å²) in [5.74, 6) is 0.411. The lowest BCUT2D eigenvalue weighted by molar-refractivity contribution is 0.163. The lowest BCUT2D eigenvalue weighted by Crippen LogP contribution is -2.39. The highest BCUT2D eigenvalue weighted by Crippen LogP contribution is 2.21. The van der Waals surface area contributed by atoms with E-state index in [0.717, 1.165) is 43.9 Å². The van der Waals surface area contributed by atoms with Crippen molar-refractivity contribution in [2.45, 2.75) is 32.4 Å². The lowest BCUT2D eigenvalue weighted by atomic mass is 9.91. The van der Waals surface area contributed by atoms with Crippen LogP contribution < -0.4 is 5.73 Å². The number of aromatic nitrogens is 2. The largest absolute Gasteiger partial charge is 0.328 e. The molecule has 4 nitrogen and oxygen atoms in total. The zero-order chi connectivity index (χ0) is 15.5. The van der Waals surface area contributed by atoms with Crippen LogP contribution in [-0.2, 0) is 6.54 Å². The van der Waals surface area contributed by atoms with E-state index < -0.39 is 0 Å². The summed E-state index contributed by atoms with van der Waals surface area (Å²) in [5.41, 5.74) is 8.02. The molecule has 6 heteroatoms. The first-order valence-electron chi connectivity index (χ1n) is 7.90. The van der Waals surface area contributed by atoms with Crippen LogP contribution in [0.25, 0.3) is 5.69 Å². The topological polar surface area (TPSA) is 47.1 Å². The highest BCUT2D eigenvalue weighted by Gasteiger charge is 2.22. The monoisotopic (exact) mass is 338 g/mol. The average molecular weight is 339 g/mol. The molecule has 0 radical (unpaired) electrons. The van der Waals surface area contributed by atoms with Crippen LogP contribution in [-0.4, -0.2) is 33.8 Å². The van der Waals surface area contributed by atoms with Crippen LogP contribution in [0.4, 0.5) is 4.39 Å². The van der Waals surface area contributed by atoms with Crippen molar-refractivity contribution < 1.29 is 4.39 Å². The molecule has 1 fully saturated rings. The molecule has 0 saturated carbocycles. The Morgan fingerprint density at radius 2 is 1.87 bits per heavy atom. The highest BCUT2D eigenvalue weighted by molar-refractivity contribution is 5.85. The van der Waals surface area contributed by atoms with E-state index >= 15 is 0 Å². The van der Waals surface area contributed by atoms with E-state index in [9.17, 15) is 4.39 Å². The van der Waals surface area contributed by atoms with Gasteiger partial charge in [-0.1, -0.05) is 0 Å². The fraction of sp³-hybridized carbons (Fsp3) is 0.471. The van der Waals surface area contributed by atoms with Gasteiger partial charge in [-0.25, -0.2) is 9.07 Å². The average Bonchev–Trinajstić information content (AvgIpc) is 2.97. The molecule has 2 N–H and O–H groups in total. The van der Waals surface area contributed by atoms with Crippen molar-refractivity contribution in [1.82, 2.24) is 14.7 Å². The van der Waals surface area contributed by atoms with Gasteiger partial charge in [0.05, 0.1) is 11.4 Å². The predicted octanol–water partition coefficient (Wildman–Crippen LogP) is 2.99. The highest BCUT2D eigenvalue weighted by atomic mass is 35.5. The molecule has 1 aromatic carbocycles. The van der Waals surface area contributed by atoms with Crippen LogP contribution in [0, 0.1) is 11.7 Å². The molecule has 1 saturated heterocycles. The Balaban J connectivity index is 0.00000192. The number of halogens is 2. The van der Waals surface area contributed by atoms with Gasteiger partial charge in [0.15, 0.2) is 0 Å². The summed E-state index contributed by atoms with van der Waals surface area (Å²) in [6, 6.07) is 8.76. The molecule has 2 aromatic rings. The van der Waals surface area contributed by atoms with E-state index in [1.165, 1.54) is 12.1 Å². The summed E-state index contributed by atoms with van der Waals surface area (Å²) < 4.78 is 14.9. The van der Waals surface area contributed by atoms with Crippen LogP contribution >= 0.6 is 12.4 Å². The van der Waals surface area contributed by atoms with Gasteiger partial charge in [-0.05, 0) is 69.1 Å². The number of rotatable bonds is 4. The summed E-state index contributed by atoms with van der Waals surface area (Å²) in [5, 5.41) is 4.37. The van der Waals surface area contributed by atoms with E-state index in [2.05, 4.69) is 16.9 Å². The van der Waals surface area contributed by atoms with Gasteiger partial charge < -0.3 is 5.73 Å². The van der Waals surface area contributed by atoms with Gasteiger partial charge in [-0.2, -0.15) is 5.10 Å². The Morgan fingerprint density at radius 3 is 2.48 bits per heavy atom. The second-order valence-corrected chi connectivity index (χ2v) is 6.18. The summed E-state index contributed by atoms with van der Waals surface area (Å²) >= 11 is 0. The minimum atomic E-state index is -0.226. The van der Waals surface area contributed by atoms with Crippen LogP contribution in [0.15, 0.2) is 36.5 Å². The van der Waals surface area contributed by atoms with E-state index in [4.69, 9.17) is 5.73 Å². The zero-order valence-electron chi connectivity index (χ0n) is 13.4. The fourth-order valence-electron chi connectivity index (χ4n) is 3.13. The molecule has 3 rings (SSSR count). The van der Waals surface area contributed by atoms with Gasteiger partial charge in [0.2, 0.25) is 0 Å². The molecule has 0 amide bonds. The molecule has 126 valence electrons. The van der Waals surface area contributed by atoms with Gasteiger partial charge in [-0.3, -0.25) is 4.90 Å². The maximum Gasteiger partial charge on any atom is 0.123 e. The van der Waals surface area contributed by atoms with Crippen molar-refractivity contribution in [2.75, 3.05) is 13.1 Å². The van der Waals surface area contributed by atoms with Gasteiger partial charge in [0.25, 0.3) is 0 Å². The van der Waals surface area contributed by atoms with Crippen molar-refractivity contribution in [1.29, 1.82) is 0 Å². The number of benzene rings is 1. The third-order valence-electron chi connectivity index (χ3n) is 4.55. The summed E-state index contributed by atoms with van der Waals surface area (Å²) in [4.78, 5) is 2.44. The van der Waals surface area contributed by atoms with Crippen LogP contribution in [0.3, 0.4) is 0 Å². The molecule has 2 heterocycles. The number of piperidine rings is 1. The first-order valence-corrected chi connectivity index (χ1v) is 7.90. The Morgan fingerprint density at radius 1 is 1.22 bits per heavy atom. The third kappa shape index (κ3) is 4.31. The lowest BCUT2D eigenvalue weighted by Gasteiger charge is -2.33. The van der Waals surface area contributed by atoms with Crippen molar-refractivity contribution in [3.05, 3.63) is 48.0 Å².